The average molecular weight is 566 g/mol. The highest BCUT2D eigenvalue weighted by Gasteiger charge is 2.24. The molecule has 40 heavy (non-hydrogen) atoms. The van der Waals surface area contributed by atoms with E-state index in [0.29, 0.717) is 30.7 Å². The second-order valence-corrected chi connectivity index (χ2v) is 11.3. The van der Waals surface area contributed by atoms with Crippen molar-refractivity contribution in [2.75, 3.05) is 18.4 Å². The quantitative estimate of drug-likeness (QED) is 0.199. The van der Waals surface area contributed by atoms with Gasteiger partial charge in [-0.3, -0.25) is 4.21 Å². The van der Waals surface area contributed by atoms with Crippen molar-refractivity contribution in [1.82, 2.24) is 10.6 Å². The second kappa shape index (κ2) is 14.4. The van der Waals surface area contributed by atoms with Crippen molar-refractivity contribution >= 4 is 22.9 Å². The average Bonchev–Trinajstić information content (AvgIpc) is 3.31. The van der Waals surface area contributed by atoms with Crippen LogP contribution in [0.15, 0.2) is 77.7 Å². The molecule has 9 nitrogen and oxygen atoms in total. The van der Waals surface area contributed by atoms with E-state index in [9.17, 15) is 18.7 Å². The Hall–Kier alpha value is -3.28. The maximum Gasteiger partial charge on any atom is 0.407 e. The molecule has 1 heterocycles. The molecule has 0 saturated carbocycles. The van der Waals surface area contributed by atoms with E-state index in [-0.39, 0.29) is 25.2 Å². The zero-order chi connectivity index (χ0) is 28.5. The largest absolute Gasteiger partial charge is 0.768 e. The monoisotopic (exact) mass is 565 g/mol. The molecule has 0 aromatic heterocycles. The summed E-state index contributed by atoms with van der Waals surface area (Å²) >= 11 is -2.35. The molecule has 1 aliphatic heterocycles. The molecule has 1 aliphatic rings. The van der Waals surface area contributed by atoms with Crippen LogP contribution >= 0.6 is 0 Å². The Morgan fingerprint density at radius 1 is 1.10 bits per heavy atom. The molecule has 6 N–H and O–H groups in total. The summed E-state index contributed by atoms with van der Waals surface area (Å²) in [6.45, 7) is 2.94. The minimum absolute atomic E-state index is 0.0824. The van der Waals surface area contributed by atoms with E-state index in [4.69, 9.17) is 10.5 Å². The molecule has 10 heteroatoms. The van der Waals surface area contributed by atoms with E-state index >= 15 is 0 Å². The lowest BCUT2D eigenvalue weighted by Gasteiger charge is -2.25. The SMILES string of the molecule is CC(CNCC(O)C(Cc1ccccc1)NC(=O)OCc1ccccc1)Cc1cc2c(cc1S(=O)[O-])CC(N)N2. The predicted molar refractivity (Wildman–Crippen MR) is 154 cm³/mol. The third-order valence-electron chi connectivity index (χ3n) is 6.94. The summed E-state index contributed by atoms with van der Waals surface area (Å²) in [6.07, 6.45) is -0.136. The highest BCUT2D eigenvalue weighted by Crippen LogP contribution is 2.30. The van der Waals surface area contributed by atoms with Crippen LogP contribution in [0.5, 0.6) is 0 Å². The number of anilines is 1. The first kappa shape index (κ1) is 29.7. The number of ether oxygens (including phenoxy) is 1. The summed E-state index contributed by atoms with van der Waals surface area (Å²) in [7, 11) is 0. The van der Waals surface area contributed by atoms with Crippen molar-refractivity contribution in [3.8, 4) is 0 Å². The number of amides is 1. The normalized spacial score (nSPS) is 17.2. The minimum atomic E-state index is -2.35. The van der Waals surface area contributed by atoms with Gasteiger partial charge in [-0.15, -0.1) is 0 Å². The molecule has 3 aromatic rings. The van der Waals surface area contributed by atoms with Gasteiger partial charge in [-0.1, -0.05) is 67.6 Å². The van der Waals surface area contributed by atoms with Gasteiger partial charge in [0.1, 0.15) is 6.61 Å². The van der Waals surface area contributed by atoms with Crippen LogP contribution in [-0.4, -0.2) is 51.4 Å². The van der Waals surface area contributed by atoms with E-state index in [1.807, 2.05) is 73.7 Å². The number of rotatable bonds is 13. The fraction of sp³-hybridized carbons (Fsp3) is 0.367. The number of aliphatic hydroxyl groups excluding tert-OH is 1. The van der Waals surface area contributed by atoms with E-state index < -0.39 is 29.3 Å². The van der Waals surface area contributed by atoms with Crippen LogP contribution in [0.25, 0.3) is 0 Å². The lowest BCUT2D eigenvalue weighted by atomic mass is 9.98. The molecule has 3 aromatic carbocycles. The third kappa shape index (κ3) is 8.61. The Morgan fingerprint density at radius 2 is 1.77 bits per heavy atom. The minimum Gasteiger partial charge on any atom is -0.768 e. The molecule has 0 aliphatic carbocycles. The van der Waals surface area contributed by atoms with Crippen molar-refractivity contribution in [3.05, 3.63) is 95.1 Å². The zero-order valence-corrected chi connectivity index (χ0v) is 23.4. The number of nitrogens with one attached hydrogen (secondary N) is 3. The number of aliphatic hydroxyl groups is 1. The number of alkyl carbamates (subject to hydrolysis) is 1. The van der Waals surface area contributed by atoms with Gasteiger partial charge in [0.2, 0.25) is 0 Å². The maximum absolute atomic E-state index is 12.6. The van der Waals surface area contributed by atoms with Crippen LogP contribution in [0, 0.1) is 5.92 Å². The number of carbonyl (C=O) groups excluding carboxylic acids is 1. The first-order chi connectivity index (χ1) is 19.3. The Balaban J connectivity index is 1.32. The number of nitrogens with two attached hydrogens (primary N) is 1. The fourth-order valence-electron chi connectivity index (χ4n) is 4.91. The Labute approximate surface area is 237 Å². The molecule has 0 radical (unpaired) electrons. The summed E-state index contributed by atoms with van der Waals surface area (Å²) in [5, 5.41) is 20.3. The van der Waals surface area contributed by atoms with Crippen LogP contribution in [0.3, 0.4) is 0 Å². The van der Waals surface area contributed by atoms with E-state index in [1.54, 1.807) is 6.07 Å². The van der Waals surface area contributed by atoms with E-state index in [2.05, 4.69) is 16.0 Å². The van der Waals surface area contributed by atoms with Gasteiger partial charge in [0.05, 0.1) is 18.3 Å². The fourth-order valence-corrected chi connectivity index (χ4v) is 5.50. The molecule has 0 saturated heterocycles. The van der Waals surface area contributed by atoms with Gasteiger partial charge in [-0.05, 0) is 70.8 Å². The Bertz CT molecular complexity index is 1280. The van der Waals surface area contributed by atoms with Crippen molar-refractivity contribution < 1.29 is 23.4 Å². The molecule has 4 rings (SSSR count). The van der Waals surface area contributed by atoms with Gasteiger partial charge in [0.25, 0.3) is 0 Å². The molecular formula is C30H37N4O5S-. The highest BCUT2D eigenvalue weighted by atomic mass is 32.2. The van der Waals surface area contributed by atoms with Crippen molar-refractivity contribution in [2.45, 2.75) is 56.0 Å². The number of carbonyl (C=O) groups is 1. The molecule has 214 valence electrons. The summed E-state index contributed by atoms with van der Waals surface area (Å²) in [4.78, 5) is 12.9. The number of fused-ring (bicyclic) bond motifs is 1. The maximum atomic E-state index is 12.6. The lowest BCUT2D eigenvalue weighted by molar-refractivity contribution is 0.100. The standard InChI is InChI=1S/C30H38N4O5S/c1-20(12-24-14-25-23(16-29(31)33-25)15-28(24)40(37)38)17-32-18-27(35)26(13-21-8-4-2-5-9-21)34-30(36)39-19-22-10-6-3-7-11-22/h2-11,14-15,20,26-27,29,32-33,35H,12-13,16-19,31H2,1H3,(H,34,36)(H,37,38)/p-1. The van der Waals surface area contributed by atoms with Crippen LogP contribution in [0.1, 0.15) is 29.2 Å². The van der Waals surface area contributed by atoms with Crippen LogP contribution in [0.2, 0.25) is 0 Å². The first-order valence-electron chi connectivity index (χ1n) is 13.5. The van der Waals surface area contributed by atoms with Crippen LogP contribution in [0.4, 0.5) is 10.5 Å². The lowest BCUT2D eigenvalue weighted by Crippen LogP contribution is -2.49. The van der Waals surface area contributed by atoms with Gasteiger partial charge in [-0.2, -0.15) is 0 Å². The van der Waals surface area contributed by atoms with Crippen molar-refractivity contribution in [1.29, 1.82) is 0 Å². The summed E-state index contributed by atoms with van der Waals surface area (Å²) in [5.41, 5.74) is 10.3. The summed E-state index contributed by atoms with van der Waals surface area (Å²) in [5.74, 6) is 0.0824. The summed E-state index contributed by atoms with van der Waals surface area (Å²) in [6, 6.07) is 22.0. The highest BCUT2D eigenvalue weighted by molar-refractivity contribution is 7.79. The van der Waals surface area contributed by atoms with Crippen LogP contribution in [-0.2, 0) is 41.7 Å². The molecule has 5 atom stereocenters. The Kier molecular flexibility index (Phi) is 10.7. The zero-order valence-electron chi connectivity index (χ0n) is 22.5. The van der Waals surface area contributed by atoms with Crippen molar-refractivity contribution in [3.63, 3.8) is 0 Å². The molecule has 1 amide bonds. The third-order valence-corrected chi connectivity index (χ3v) is 7.68. The van der Waals surface area contributed by atoms with Crippen LogP contribution < -0.4 is 21.7 Å². The molecule has 0 spiro atoms. The van der Waals surface area contributed by atoms with E-state index in [0.717, 1.165) is 27.9 Å². The molecule has 5 unspecified atom stereocenters. The van der Waals surface area contributed by atoms with Crippen molar-refractivity contribution in [2.24, 2.45) is 11.7 Å². The topological polar surface area (TPSA) is 149 Å². The van der Waals surface area contributed by atoms with Gasteiger partial charge in [0, 0.05) is 23.5 Å². The summed E-state index contributed by atoms with van der Waals surface area (Å²) < 4.78 is 29.1. The Morgan fingerprint density at radius 3 is 2.45 bits per heavy atom. The molecular weight excluding hydrogens is 528 g/mol. The second-order valence-electron chi connectivity index (χ2n) is 10.3. The van der Waals surface area contributed by atoms with Gasteiger partial charge < -0.3 is 36.1 Å². The number of hydrogen-bond donors (Lipinski definition) is 5. The first-order valence-corrected chi connectivity index (χ1v) is 14.5. The van der Waals surface area contributed by atoms with Gasteiger partial charge >= 0.3 is 6.09 Å². The van der Waals surface area contributed by atoms with E-state index in [1.165, 1.54) is 0 Å². The molecule has 0 fully saturated rings. The number of hydrogen-bond acceptors (Lipinski definition) is 8. The van der Waals surface area contributed by atoms with Gasteiger partial charge in [0.15, 0.2) is 0 Å². The smallest absolute Gasteiger partial charge is 0.407 e. The molecule has 0 bridgehead atoms. The predicted octanol–water partition coefficient (Wildman–Crippen LogP) is 2.84. The number of benzene rings is 3. The van der Waals surface area contributed by atoms with Gasteiger partial charge in [-0.25, -0.2) is 4.79 Å².